The first-order valence-electron chi connectivity index (χ1n) is 4.12. The highest BCUT2D eigenvalue weighted by Crippen LogP contribution is 2.16. The van der Waals surface area contributed by atoms with E-state index in [-0.39, 0.29) is 12.8 Å². The van der Waals surface area contributed by atoms with Crippen molar-refractivity contribution in [2.24, 2.45) is 0 Å². The van der Waals surface area contributed by atoms with E-state index in [4.69, 9.17) is 14.2 Å². The Morgan fingerprint density at radius 1 is 1.38 bits per heavy atom. The smallest absolute Gasteiger partial charge is 0.188 e. The van der Waals surface area contributed by atoms with Gasteiger partial charge in [-0.1, -0.05) is 0 Å². The summed E-state index contributed by atoms with van der Waals surface area (Å²) in [6.07, 6.45) is 3.73. The van der Waals surface area contributed by atoms with Gasteiger partial charge in [0.15, 0.2) is 18.3 Å². The van der Waals surface area contributed by atoms with E-state index in [0.29, 0.717) is 5.76 Å². The minimum absolute atomic E-state index is 0.225. The standard InChI is InChI=1S/C9H15NO3/c1-7-4-8(12-3)9(5-10-7)13-6-11-2/h4-5,7,10H,6H2,1-3H3. The van der Waals surface area contributed by atoms with Crippen LogP contribution in [0.4, 0.5) is 0 Å². The summed E-state index contributed by atoms with van der Waals surface area (Å²) in [5, 5.41) is 3.11. The fourth-order valence-corrected chi connectivity index (χ4v) is 1.04. The average Bonchev–Trinajstić information content (AvgIpc) is 2.16. The number of hydrogen-bond acceptors (Lipinski definition) is 4. The molecule has 0 radical (unpaired) electrons. The van der Waals surface area contributed by atoms with Crippen molar-refractivity contribution in [1.29, 1.82) is 0 Å². The van der Waals surface area contributed by atoms with E-state index >= 15 is 0 Å². The van der Waals surface area contributed by atoms with Gasteiger partial charge in [0.1, 0.15) is 0 Å². The van der Waals surface area contributed by atoms with Gasteiger partial charge in [0.25, 0.3) is 0 Å². The molecular formula is C9H15NO3. The molecule has 4 heteroatoms. The van der Waals surface area contributed by atoms with Gasteiger partial charge < -0.3 is 19.5 Å². The molecule has 0 fully saturated rings. The van der Waals surface area contributed by atoms with Crippen molar-refractivity contribution in [2.45, 2.75) is 13.0 Å². The van der Waals surface area contributed by atoms with Crippen molar-refractivity contribution < 1.29 is 14.2 Å². The van der Waals surface area contributed by atoms with Crippen LogP contribution in [0.3, 0.4) is 0 Å². The summed E-state index contributed by atoms with van der Waals surface area (Å²) in [5.74, 6) is 1.41. The Labute approximate surface area is 78.2 Å². The van der Waals surface area contributed by atoms with Crippen LogP contribution in [0, 0.1) is 0 Å². The number of ether oxygens (including phenoxy) is 3. The largest absolute Gasteiger partial charge is 0.493 e. The van der Waals surface area contributed by atoms with E-state index in [1.165, 1.54) is 0 Å². The molecule has 1 unspecified atom stereocenters. The first-order chi connectivity index (χ1) is 6.27. The Morgan fingerprint density at radius 2 is 2.15 bits per heavy atom. The summed E-state index contributed by atoms with van der Waals surface area (Å²) in [7, 11) is 3.20. The van der Waals surface area contributed by atoms with Crippen molar-refractivity contribution in [3.63, 3.8) is 0 Å². The van der Waals surface area contributed by atoms with E-state index in [9.17, 15) is 0 Å². The lowest BCUT2D eigenvalue weighted by Gasteiger charge is -2.19. The molecule has 1 N–H and O–H groups in total. The molecule has 0 spiro atoms. The van der Waals surface area contributed by atoms with Gasteiger partial charge in [-0.3, -0.25) is 0 Å². The van der Waals surface area contributed by atoms with Crippen LogP contribution in [-0.2, 0) is 14.2 Å². The van der Waals surface area contributed by atoms with Gasteiger partial charge >= 0.3 is 0 Å². The highest BCUT2D eigenvalue weighted by atomic mass is 16.7. The van der Waals surface area contributed by atoms with Crippen molar-refractivity contribution in [1.82, 2.24) is 5.32 Å². The van der Waals surface area contributed by atoms with Crippen LogP contribution in [0.2, 0.25) is 0 Å². The summed E-state index contributed by atoms with van der Waals surface area (Å²) in [6.45, 7) is 2.26. The molecule has 1 rings (SSSR count). The molecular weight excluding hydrogens is 170 g/mol. The first kappa shape index (κ1) is 9.92. The second-order valence-electron chi connectivity index (χ2n) is 2.75. The van der Waals surface area contributed by atoms with Crippen molar-refractivity contribution in [3.8, 4) is 0 Å². The molecule has 1 aliphatic rings. The fraction of sp³-hybridized carbons (Fsp3) is 0.556. The predicted molar refractivity (Wildman–Crippen MR) is 48.7 cm³/mol. The topological polar surface area (TPSA) is 39.7 Å². The van der Waals surface area contributed by atoms with Crippen LogP contribution in [0.25, 0.3) is 0 Å². The first-order valence-corrected chi connectivity index (χ1v) is 4.12. The van der Waals surface area contributed by atoms with Crippen LogP contribution in [0.1, 0.15) is 6.92 Å². The second-order valence-corrected chi connectivity index (χ2v) is 2.75. The molecule has 0 aromatic heterocycles. The van der Waals surface area contributed by atoms with Gasteiger partial charge in [-0.15, -0.1) is 0 Å². The average molecular weight is 185 g/mol. The predicted octanol–water partition coefficient (Wildman–Crippen LogP) is 0.970. The van der Waals surface area contributed by atoms with Crippen molar-refractivity contribution >= 4 is 0 Å². The van der Waals surface area contributed by atoms with E-state index < -0.39 is 0 Å². The minimum atomic E-state index is 0.225. The lowest BCUT2D eigenvalue weighted by molar-refractivity contribution is 0.000295. The molecule has 1 atom stereocenters. The molecule has 0 aromatic rings. The molecule has 0 bridgehead atoms. The number of dihydropyridines is 1. The zero-order valence-corrected chi connectivity index (χ0v) is 8.16. The maximum absolute atomic E-state index is 5.27. The number of hydrogen-bond donors (Lipinski definition) is 1. The Morgan fingerprint density at radius 3 is 2.77 bits per heavy atom. The van der Waals surface area contributed by atoms with Gasteiger partial charge in [0, 0.05) is 19.4 Å². The second kappa shape index (κ2) is 4.77. The fourth-order valence-electron chi connectivity index (χ4n) is 1.04. The zero-order valence-electron chi connectivity index (χ0n) is 8.16. The van der Waals surface area contributed by atoms with Crippen molar-refractivity contribution in [2.75, 3.05) is 21.0 Å². The lowest BCUT2D eigenvalue weighted by atomic mass is 10.2. The van der Waals surface area contributed by atoms with Gasteiger partial charge in [-0.2, -0.15) is 0 Å². The summed E-state index contributed by atoms with van der Waals surface area (Å²) >= 11 is 0. The Hall–Kier alpha value is -1.16. The Kier molecular flexibility index (Phi) is 3.64. The number of rotatable bonds is 4. The number of methoxy groups -OCH3 is 2. The molecule has 1 aliphatic heterocycles. The molecule has 13 heavy (non-hydrogen) atoms. The molecule has 0 amide bonds. The van der Waals surface area contributed by atoms with Gasteiger partial charge in [-0.25, -0.2) is 0 Å². The van der Waals surface area contributed by atoms with Gasteiger partial charge in [0.2, 0.25) is 0 Å². The quantitative estimate of drug-likeness (QED) is 0.662. The zero-order chi connectivity index (χ0) is 9.68. The lowest BCUT2D eigenvalue weighted by Crippen LogP contribution is -2.24. The molecule has 4 nitrogen and oxygen atoms in total. The highest BCUT2D eigenvalue weighted by Gasteiger charge is 2.13. The summed E-state index contributed by atoms with van der Waals surface area (Å²) in [4.78, 5) is 0. The number of nitrogens with one attached hydrogen (secondary N) is 1. The Balaban J connectivity index is 2.57. The third-order valence-corrected chi connectivity index (χ3v) is 1.67. The van der Waals surface area contributed by atoms with Crippen LogP contribution < -0.4 is 5.32 Å². The van der Waals surface area contributed by atoms with Gasteiger partial charge in [-0.05, 0) is 13.0 Å². The minimum Gasteiger partial charge on any atom is -0.493 e. The van der Waals surface area contributed by atoms with E-state index in [1.807, 2.05) is 13.0 Å². The SMILES string of the molecule is COCOC1=CNC(C)C=C1OC. The summed E-state index contributed by atoms with van der Waals surface area (Å²) < 4.78 is 15.2. The van der Waals surface area contributed by atoms with E-state index in [0.717, 1.165) is 5.76 Å². The van der Waals surface area contributed by atoms with Crippen molar-refractivity contribution in [3.05, 3.63) is 23.8 Å². The van der Waals surface area contributed by atoms with Crippen LogP contribution >= 0.6 is 0 Å². The summed E-state index contributed by atoms with van der Waals surface area (Å²) in [5.41, 5.74) is 0. The van der Waals surface area contributed by atoms with Gasteiger partial charge in [0.05, 0.1) is 7.11 Å². The highest BCUT2D eigenvalue weighted by molar-refractivity contribution is 5.25. The molecule has 0 aliphatic carbocycles. The van der Waals surface area contributed by atoms with Crippen LogP contribution in [-0.4, -0.2) is 27.1 Å². The third-order valence-electron chi connectivity index (χ3n) is 1.67. The normalized spacial score (nSPS) is 21.3. The summed E-state index contributed by atoms with van der Waals surface area (Å²) in [6, 6.07) is 0.268. The molecule has 0 saturated carbocycles. The van der Waals surface area contributed by atoms with E-state index in [2.05, 4.69) is 5.32 Å². The monoisotopic (exact) mass is 185 g/mol. The molecule has 74 valence electrons. The third kappa shape index (κ3) is 2.66. The Bertz CT molecular complexity index is 223. The maximum atomic E-state index is 5.27. The van der Waals surface area contributed by atoms with E-state index in [1.54, 1.807) is 20.4 Å². The molecule has 0 saturated heterocycles. The van der Waals surface area contributed by atoms with Crippen LogP contribution in [0.5, 0.6) is 0 Å². The molecule has 0 aromatic carbocycles. The van der Waals surface area contributed by atoms with Crippen LogP contribution in [0.15, 0.2) is 23.8 Å². The molecule has 1 heterocycles. The maximum Gasteiger partial charge on any atom is 0.188 e.